The van der Waals surface area contributed by atoms with Gasteiger partial charge < -0.3 is 5.32 Å². The molecule has 0 bridgehead atoms. The van der Waals surface area contributed by atoms with Crippen LogP contribution in [0.4, 0.5) is 10.1 Å². The number of nitrogens with one attached hydrogen (secondary N) is 1. The maximum Gasteiger partial charge on any atom is 0.256 e. The van der Waals surface area contributed by atoms with E-state index in [0.717, 1.165) is 10.5 Å². The molecule has 0 aliphatic heterocycles. The number of hydrogen-bond acceptors (Lipinski definition) is 1. The van der Waals surface area contributed by atoms with Gasteiger partial charge in [-0.05, 0) is 52.3 Å². The number of carbonyl (C=O) groups is 1. The van der Waals surface area contributed by atoms with Crippen LogP contribution in [0.25, 0.3) is 0 Å². The zero-order valence-corrected chi connectivity index (χ0v) is 13.3. The smallest absolute Gasteiger partial charge is 0.256 e. The van der Waals surface area contributed by atoms with Crippen LogP contribution >= 0.6 is 43.5 Å². The summed E-state index contributed by atoms with van der Waals surface area (Å²) >= 11 is 12.5. The molecule has 0 aliphatic carbocycles. The molecule has 0 atom stereocenters. The van der Waals surface area contributed by atoms with E-state index in [0.29, 0.717) is 15.2 Å². The van der Waals surface area contributed by atoms with Gasteiger partial charge in [0.15, 0.2) is 0 Å². The lowest BCUT2D eigenvalue weighted by Gasteiger charge is -2.09. The van der Waals surface area contributed by atoms with Gasteiger partial charge in [-0.1, -0.05) is 27.5 Å². The maximum absolute atomic E-state index is 13.2. The second-order valence-corrected chi connectivity index (χ2v) is 5.88. The number of amides is 1. The lowest BCUT2D eigenvalue weighted by Crippen LogP contribution is -2.13. The van der Waals surface area contributed by atoms with Gasteiger partial charge >= 0.3 is 0 Å². The second-order valence-electron chi connectivity index (χ2n) is 3.70. The summed E-state index contributed by atoms with van der Waals surface area (Å²) in [4.78, 5) is 12.1. The first-order valence-electron chi connectivity index (χ1n) is 5.19. The predicted octanol–water partition coefficient (Wildman–Crippen LogP) is 5.26. The normalized spacial score (nSPS) is 10.3. The fourth-order valence-corrected chi connectivity index (χ4v) is 2.41. The van der Waals surface area contributed by atoms with Gasteiger partial charge in [0, 0.05) is 8.95 Å². The van der Waals surface area contributed by atoms with Crippen molar-refractivity contribution in [3.8, 4) is 0 Å². The molecule has 0 heterocycles. The van der Waals surface area contributed by atoms with Crippen molar-refractivity contribution in [2.75, 3.05) is 5.32 Å². The van der Waals surface area contributed by atoms with Crippen LogP contribution in [-0.4, -0.2) is 5.91 Å². The number of benzene rings is 2. The van der Waals surface area contributed by atoms with Crippen LogP contribution in [0.2, 0.25) is 5.02 Å². The first-order valence-corrected chi connectivity index (χ1v) is 7.15. The SMILES string of the molecule is O=C(Nc1cc(Br)ccc1Cl)c1cc(F)ccc1Br. The highest BCUT2D eigenvalue weighted by atomic mass is 79.9. The summed E-state index contributed by atoms with van der Waals surface area (Å²) in [6, 6.07) is 9.00. The Morgan fingerprint density at radius 3 is 2.63 bits per heavy atom. The van der Waals surface area contributed by atoms with Crippen molar-refractivity contribution in [1.82, 2.24) is 0 Å². The van der Waals surface area contributed by atoms with Gasteiger partial charge in [-0.25, -0.2) is 4.39 Å². The predicted molar refractivity (Wildman–Crippen MR) is 81.2 cm³/mol. The van der Waals surface area contributed by atoms with Crippen molar-refractivity contribution in [1.29, 1.82) is 0 Å². The minimum absolute atomic E-state index is 0.205. The fourth-order valence-electron chi connectivity index (χ4n) is 1.45. The highest BCUT2D eigenvalue weighted by Crippen LogP contribution is 2.27. The average molecular weight is 407 g/mol. The summed E-state index contributed by atoms with van der Waals surface area (Å²) in [6.07, 6.45) is 0. The van der Waals surface area contributed by atoms with Crippen LogP contribution in [0.15, 0.2) is 45.3 Å². The molecule has 0 saturated carbocycles. The zero-order valence-electron chi connectivity index (χ0n) is 9.38. The third-order valence-corrected chi connectivity index (χ3v) is 3.86. The largest absolute Gasteiger partial charge is 0.321 e. The molecule has 1 amide bonds. The number of hydrogen-bond donors (Lipinski definition) is 1. The molecule has 2 rings (SSSR count). The standard InChI is InChI=1S/C13H7Br2ClFNO/c14-7-1-4-11(16)12(5-7)18-13(19)9-6-8(17)2-3-10(9)15/h1-6H,(H,18,19). The summed E-state index contributed by atoms with van der Waals surface area (Å²) in [5.74, 6) is -0.917. The van der Waals surface area contributed by atoms with E-state index in [4.69, 9.17) is 11.6 Å². The van der Waals surface area contributed by atoms with E-state index in [1.54, 1.807) is 18.2 Å². The monoisotopic (exact) mass is 405 g/mol. The lowest BCUT2D eigenvalue weighted by atomic mass is 10.2. The molecule has 0 unspecified atom stereocenters. The summed E-state index contributed by atoms with van der Waals surface area (Å²) in [7, 11) is 0. The zero-order chi connectivity index (χ0) is 14.0. The van der Waals surface area contributed by atoms with Crippen LogP contribution in [0.5, 0.6) is 0 Å². The van der Waals surface area contributed by atoms with Crippen LogP contribution in [-0.2, 0) is 0 Å². The van der Waals surface area contributed by atoms with E-state index in [2.05, 4.69) is 37.2 Å². The van der Waals surface area contributed by atoms with E-state index in [1.165, 1.54) is 12.1 Å². The van der Waals surface area contributed by atoms with Crippen molar-refractivity contribution < 1.29 is 9.18 Å². The Morgan fingerprint density at radius 2 is 1.89 bits per heavy atom. The Bertz CT molecular complexity index is 649. The molecule has 0 saturated heterocycles. The quantitative estimate of drug-likeness (QED) is 0.723. The van der Waals surface area contributed by atoms with Crippen molar-refractivity contribution in [3.63, 3.8) is 0 Å². The van der Waals surface area contributed by atoms with Gasteiger partial charge in [-0.3, -0.25) is 4.79 Å². The lowest BCUT2D eigenvalue weighted by molar-refractivity contribution is 0.102. The van der Waals surface area contributed by atoms with Crippen molar-refractivity contribution in [2.45, 2.75) is 0 Å². The number of rotatable bonds is 2. The number of anilines is 1. The van der Waals surface area contributed by atoms with Gasteiger partial charge in [-0.15, -0.1) is 0 Å². The van der Waals surface area contributed by atoms with Gasteiger partial charge in [0.2, 0.25) is 0 Å². The van der Waals surface area contributed by atoms with E-state index in [1.807, 2.05) is 0 Å². The Kier molecular flexibility index (Phi) is 4.60. The highest BCUT2D eigenvalue weighted by Gasteiger charge is 2.13. The van der Waals surface area contributed by atoms with E-state index >= 15 is 0 Å². The van der Waals surface area contributed by atoms with Crippen molar-refractivity contribution >= 4 is 55.1 Å². The van der Waals surface area contributed by atoms with Crippen LogP contribution in [0.3, 0.4) is 0 Å². The molecule has 0 aromatic heterocycles. The molecule has 1 N–H and O–H groups in total. The maximum atomic E-state index is 13.2. The molecule has 0 radical (unpaired) electrons. The summed E-state index contributed by atoms with van der Waals surface area (Å²) in [5, 5.41) is 3.04. The van der Waals surface area contributed by atoms with Crippen molar-refractivity contribution in [2.24, 2.45) is 0 Å². The first kappa shape index (κ1) is 14.5. The fraction of sp³-hybridized carbons (Fsp3) is 0. The van der Waals surface area contributed by atoms with E-state index in [-0.39, 0.29) is 5.56 Å². The summed E-state index contributed by atoms with van der Waals surface area (Å²) in [6.45, 7) is 0. The van der Waals surface area contributed by atoms with E-state index in [9.17, 15) is 9.18 Å². The Labute approximate surface area is 131 Å². The molecular weight excluding hydrogens is 400 g/mol. The number of halogens is 4. The summed E-state index contributed by atoms with van der Waals surface area (Å²) in [5.41, 5.74) is 0.660. The molecule has 98 valence electrons. The molecule has 0 fully saturated rings. The third kappa shape index (κ3) is 3.55. The Morgan fingerprint density at radius 1 is 1.16 bits per heavy atom. The highest BCUT2D eigenvalue weighted by molar-refractivity contribution is 9.10. The summed E-state index contributed by atoms with van der Waals surface area (Å²) < 4.78 is 14.4. The van der Waals surface area contributed by atoms with Gasteiger partial charge in [0.25, 0.3) is 5.91 Å². The Hall–Kier alpha value is -0.910. The first-order chi connectivity index (χ1) is 8.97. The molecule has 2 nitrogen and oxygen atoms in total. The molecule has 2 aromatic rings. The topological polar surface area (TPSA) is 29.1 Å². The molecule has 0 aliphatic rings. The minimum atomic E-state index is -0.478. The van der Waals surface area contributed by atoms with Gasteiger partial charge in [0.1, 0.15) is 5.82 Å². The molecule has 6 heteroatoms. The van der Waals surface area contributed by atoms with Crippen LogP contribution in [0, 0.1) is 5.82 Å². The van der Waals surface area contributed by atoms with Crippen molar-refractivity contribution in [3.05, 3.63) is 61.7 Å². The Balaban J connectivity index is 2.30. The molecule has 0 spiro atoms. The average Bonchev–Trinajstić information content (AvgIpc) is 2.36. The molecule has 2 aromatic carbocycles. The van der Waals surface area contributed by atoms with Crippen LogP contribution < -0.4 is 5.32 Å². The molecule has 19 heavy (non-hydrogen) atoms. The van der Waals surface area contributed by atoms with Gasteiger partial charge in [-0.2, -0.15) is 0 Å². The van der Waals surface area contributed by atoms with E-state index < -0.39 is 11.7 Å². The minimum Gasteiger partial charge on any atom is -0.321 e. The third-order valence-electron chi connectivity index (χ3n) is 2.35. The number of carbonyl (C=O) groups excluding carboxylic acids is 1. The van der Waals surface area contributed by atoms with Gasteiger partial charge in [0.05, 0.1) is 16.3 Å². The van der Waals surface area contributed by atoms with Crippen LogP contribution in [0.1, 0.15) is 10.4 Å². The molecular formula is C13H7Br2ClFNO. The second kappa shape index (κ2) is 6.03.